The lowest BCUT2D eigenvalue weighted by Gasteiger charge is -2.43. The fourth-order valence-corrected chi connectivity index (χ4v) is 8.51. The molecule has 2 aromatic carbocycles. The molecule has 0 spiro atoms. The molecule has 1 atom stereocenters. The highest BCUT2D eigenvalue weighted by Crippen LogP contribution is 2.52. The number of ether oxygens (including phenoxy) is 1. The Balaban J connectivity index is 1.73. The molecular weight excluding hydrogens is 477 g/mol. The number of rotatable bonds is 11. The Morgan fingerprint density at radius 3 is 2.18 bits per heavy atom. The van der Waals surface area contributed by atoms with Gasteiger partial charge in [0.2, 0.25) is 0 Å². The van der Waals surface area contributed by atoms with Crippen LogP contribution in [0.15, 0.2) is 60.7 Å². The van der Waals surface area contributed by atoms with E-state index in [2.05, 4.69) is 64.2 Å². The zero-order chi connectivity index (χ0) is 24.7. The SMILES string of the molecule is CC(C)(C)[Si](C)(C)O[C@@H](CC1(CC(=O)COCc2ccccc2)SCCCS1)c1ccccc1. The quantitative estimate of drug-likeness (QED) is 0.284. The van der Waals surface area contributed by atoms with Crippen LogP contribution in [0.25, 0.3) is 0 Å². The third-order valence-electron chi connectivity index (χ3n) is 6.77. The molecule has 1 aliphatic heterocycles. The molecule has 3 rings (SSSR count). The molecule has 0 amide bonds. The molecule has 1 aliphatic rings. The van der Waals surface area contributed by atoms with Crippen LogP contribution in [0.3, 0.4) is 0 Å². The van der Waals surface area contributed by atoms with Crippen LogP contribution in [0.2, 0.25) is 18.1 Å². The van der Waals surface area contributed by atoms with E-state index in [1.54, 1.807) is 0 Å². The van der Waals surface area contributed by atoms with Crippen molar-refractivity contribution in [3.05, 3.63) is 71.8 Å². The number of hydrogen-bond acceptors (Lipinski definition) is 5. The minimum Gasteiger partial charge on any atom is -0.410 e. The van der Waals surface area contributed by atoms with Gasteiger partial charge in [-0.3, -0.25) is 4.79 Å². The predicted molar refractivity (Wildman–Crippen MR) is 150 cm³/mol. The van der Waals surface area contributed by atoms with Crippen molar-refractivity contribution in [1.82, 2.24) is 0 Å². The monoisotopic (exact) mass is 516 g/mol. The first kappa shape index (κ1) is 27.5. The Morgan fingerprint density at radius 1 is 1.00 bits per heavy atom. The van der Waals surface area contributed by atoms with Gasteiger partial charge < -0.3 is 9.16 Å². The standard InChI is InChI=1S/C28H40O3S2Si/c1-27(2,3)34(4,5)31-26(24-15-10-7-11-16-24)20-28(32-17-12-18-33-28)19-25(29)22-30-21-23-13-8-6-9-14-23/h6-11,13-16,26H,12,17-22H2,1-5H3/t26-/m0/s1. The highest BCUT2D eigenvalue weighted by atomic mass is 32.2. The van der Waals surface area contributed by atoms with Crippen molar-refractivity contribution >= 4 is 37.6 Å². The lowest BCUT2D eigenvalue weighted by Crippen LogP contribution is -2.43. The van der Waals surface area contributed by atoms with Crippen molar-refractivity contribution < 1.29 is 14.0 Å². The maximum atomic E-state index is 13.1. The minimum atomic E-state index is -1.99. The molecule has 6 heteroatoms. The van der Waals surface area contributed by atoms with Gasteiger partial charge in [-0.2, -0.15) is 0 Å². The second-order valence-corrected chi connectivity index (χ2v) is 18.6. The molecule has 0 aliphatic carbocycles. The summed E-state index contributed by atoms with van der Waals surface area (Å²) in [5.41, 5.74) is 2.31. The van der Waals surface area contributed by atoms with Gasteiger partial charge in [0.1, 0.15) is 6.61 Å². The van der Waals surface area contributed by atoms with Gasteiger partial charge in [0, 0.05) is 12.8 Å². The molecule has 0 bridgehead atoms. The molecule has 186 valence electrons. The lowest BCUT2D eigenvalue weighted by atomic mass is 10.0. The Kier molecular flexibility index (Phi) is 9.93. The number of hydrogen-bond donors (Lipinski definition) is 0. The molecule has 1 heterocycles. The van der Waals surface area contributed by atoms with Crippen molar-refractivity contribution in [2.75, 3.05) is 18.1 Å². The zero-order valence-corrected chi connectivity index (χ0v) is 24.0. The molecule has 0 radical (unpaired) electrons. The summed E-state index contributed by atoms with van der Waals surface area (Å²) in [6, 6.07) is 20.6. The Bertz CT molecular complexity index is 891. The molecule has 0 unspecified atom stereocenters. The van der Waals surface area contributed by atoms with E-state index in [9.17, 15) is 4.79 Å². The number of carbonyl (C=O) groups excluding carboxylic acids is 1. The first-order chi connectivity index (χ1) is 16.1. The van der Waals surface area contributed by atoms with Crippen molar-refractivity contribution in [3.63, 3.8) is 0 Å². The lowest BCUT2D eigenvalue weighted by molar-refractivity contribution is -0.124. The largest absolute Gasteiger partial charge is 0.410 e. The number of Topliss-reactive ketones (excluding diaryl/α,β-unsaturated/α-hetero) is 1. The molecular formula is C28H40O3S2Si. The van der Waals surface area contributed by atoms with E-state index >= 15 is 0 Å². The first-order valence-corrected chi connectivity index (χ1v) is 17.1. The summed E-state index contributed by atoms with van der Waals surface area (Å²) in [5, 5.41) is 0.126. The van der Waals surface area contributed by atoms with Gasteiger partial charge in [-0.25, -0.2) is 0 Å². The van der Waals surface area contributed by atoms with Gasteiger partial charge in [0.15, 0.2) is 14.1 Å². The maximum absolute atomic E-state index is 13.1. The van der Waals surface area contributed by atoms with Crippen molar-refractivity contribution in [3.8, 4) is 0 Å². The highest BCUT2D eigenvalue weighted by Gasteiger charge is 2.43. The van der Waals surface area contributed by atoms with Crippen LogP contribution in [0.4, 0.5) is 0 Å². The third-order valence-corrected chi connectivity index (χ3v) is 14.6. The second-order valence-electron chi connectivity index (χ2n) is 10.6. The topological polar surface area (TPSA) is 35.5 Å². The van der Waals surface area contributed by atoms with E-state index in [-0.39, 0.29) is 27.6 Å². The van der Waals surface area contributed by atoms with Gasteiger partial charge in [0.05, 0.1) is 16.8 Å². The average molecular weight is 517 g/mol. The fourth-order valence-electron chi connectivity index (χ4n) is 3.83. The maximum Gasteiger partial charge on any atom is 0.192 e. The Labute approximate surface area is 215 Å². The highest BCUT2D eigenvalue weighted by molar-refractivity contribution is 8.18. The van der Waals surface area contributed by atoms with E-state index in [0.29, 0.717) is 13.0 Å². The second kappa shape index (κ2) is 12.3. The van der Waals surface area contributed by atoms with Gasteiger partial charge >= 0.3 is 0 Å². The molecule has 0 aromatic heterocycles. The minimum absolute atomic E-state index is 0.0155. The van der Waals surface area contributed by atoms with Crippen molar-refractivity contribution in [2.45, 2.75) is 75.0 Å². The Morgan fingerprint density at radius 2 is 1.59 bits per heavy atom. The zero-order valence-electron chi connectivity index (χ0n) is 21.3. The summed E-state index contributed by atoms with van der Waals surface area (Å²) in [6.07, 6.45) is 2.53. The van der Waals surface area contributed by atoms with Gasteiger partial charge in [-0.05, 0) is 47.2 Å². The summed E-state index contributed by atoms with van der Waals surface area (Å²) < 4.78 is 12.6. The summed E-state index contributed by atoms with van der Waals surface area (Å²) in [4.78, 5) is 13.1. The predicted octanol–water partition coefficient (Wildman–Crippen LogP) is 7.88. The van der Waals surface area contributed by atoms with Crippen LogP contribution >= 0.6 is 23.5 Å². The van der Waals surface area contributed by atoms with Crippen LogP contribution in [0, 0.1) is 0 Å². The third kappa shape index (κ3) is 7.99. The number of benzene rings is 2. The average Bonchev–Trinajstić information content (AvgIpc) is 2.79. The van der Waals surface area contributed by atoms with Gasteiger partial charge in [-0.1, -0.05) is 81.4 Å². The summed E-state index contributed by atoms with van der Waals surface area (Å²) >= 11 is 3.89. The van der Waals surface area contributed by atoms with Crippen LogP contribution in [0.1, 0.15) is 57.3 Å². The smallest absolute Gasteiger partial charge is 0.192 e. The summed E-state index contributed by atoms with van der Waals surface area (Å²) in [7, 11) is -1.99. The summed E-state index contributed by atoms with van der Waals surface area (Å²) in [5.74, 6) is 2.36. The normalized spacial score (nSPS) is 17.3. The molecule has 1 saturated heterocycles. The van der Waals surface area contributed by atoms with Crippen molar-refractivity contribution in [1.29, 1.82) is 0 Å². The molecule has 0 saturated carbocycles. The van der Waals surface area contributed by atoms with E-state index < -0.39 is 8.32 Å². The van der Waals surface area contributed by atoms with E-state index in [1.165, 1.54) is 12.0 Å². The first-order valence-electron chi connectivity index (χ1n) is 12.2. The van der Waals surface area contributed by atoms with Gasteiger partial charge in [0.25, 0.3) is 0 Å². The number of carbonyl (C=O) groups is 1. The van der Waals surface area contributed by atoms with Crippen LogP contribution < -0.4 is 0 Å². The van der Waals surface area contributed by atoms with Gasteiger partial charge in [-0.15, -0.1) is 23.5 Å². The van der Waals surface area contributed by atoms with Crippen LogP contribution in [-0.4, -0.2) is 36.3 Å². The number of ketones is 1. The van der Waals surface area contributed by atoms with Crippen LogP contribution in [0.5, 0.6) is 0 Å². The molecule has 34 heavy (non-hydrogen) atoms. The summed E-state index contributed by atoms with van der Waals surface area (Å²) in [6.45, 7) is 12.1. The van der Waals surface area contributed by atoms with E-state index in [1.807, 2.05) is 53.9 Å². The number of thioether (sulfide) groups is 2. The van der Waals surface area contributed by atoms with Crippen LogP contribution in [-0.2, 0) is 20.6 Å². The van der Waals surface area contributed by atoms with E-state index in [4.69, 9.17) is 9.16 Å². The van der Waals surface area contributed by atoms with Crippen molar-refractivity contribution in [2.24, 2.45) is 0 Å². The van der Waals surface area contributed by atoms with E-state index in [0.717, 1.165) is 23.5 Å². The molecule has 2 aromatic rings. The molecule has 3 nitrogen and oxygen atoms in total. The Hall–Kier alpha value is -1.05. The molecule has 0 N–H and O–H groups in total. The molecule has 1 fully saturated rings. The fraction of sp³-hybridized carbons (Fsp3) is 0.536.